The van der Waals surface area contributed by atoms with Crippen molar-refractivity contribution in [2.24, 2.45) is 0 Å². The van der Waals surface area contributed by atoms with Crippen LogP contribution in [0.5, 0.6) is 0 Å². The van der Waals surface area contributed by atoms with E-state index in [0.29, 0.717) is 28.1 Å². The predicted octanol–water partition coefficient (Wildman–Crippen LogP) is 5.06. The van der Waals surface area contributed by atoms with Crippen molar-refractivity contribution in [3.63, 3.8) is 0 Å². The maximum Gasteiger partial charge on any atom is 0.330 e. The van der Waals surface area contributed by atoms with Gasteiger partial charge in [0.2, 0.25) is 0 Å². The number of halogens is 2. The number of benzene rings is 1. The van der Waals surface area contributed by atoms with E-state index in [2.05, 4.69) is 9.97 Å². The zero-order chi connectivity index (χ0) is 26.9. The molecule has 0 unspecified atom stereocenters. The lowest BCUT2D eigenvalue weighted by molar-refractivity contribution is -0.134. The molecule has 0 aliphatic carbocycles. The van der Waals surface area contributed by atoms with E-state index in [4.69, 9.17) is 27.9 Å². The van der Waals surface area contributed by atoms with E-state index >= 15 is 0 Å². The van der Waals surface area contributed by atoms with E-state index in [1.54, 1.807) is 36.4 Å². The molecule has 0 radical (unpaired) electrons. The Morgan fingerprint density at radius 1 is 0.946 bits per heavy atom. The number of carbonyl (C=O) groups excluding carboxylic acids is 1. The Labute approximate surface area is 227 Å². The van der Waals surface area contributed by atoms with Crippen LogP contribution in [0.25, 0.3) is 5.57 Å². The van der Waals surface area contributed by atoms with Gasteiger partial charge < -0.3 is 14.9 Å². The Morgan fingerprint density at radius 3 is 1.92 bits per heavy atom. The molecule has 0 amide bonds. The lowest BCUT2D eigenvalue weighted by atomic mass is 10.0. The van der Waals surface area contributed by atoms with Crippen LogP contribution in [0.4, 0.5) is 0 Å². The van der Waals surface area contributed by atoms with Crippen LogP contribution in [0.2, 0.25) is 10.3 Å². The molecule has 7 nitrogen and oxygen atoms in total. The summed E-state index contributed by atoms with van der Waals surface area (Å²) in [7, 11) is 1.35. The van der Waals surface area contributed by atoms with Gasteiger partial charge in [-0.3, -0.25) is 4.90 Å². The molecule has 0 spiro atoms. The number of nitrogens with zero attached hydrogens (tertiary/aromatic N) is 3. The fourth-order valence-corrected chi connectivity index (χ4v) is 4.32. The van der Waals surface area contributed by atoms with Gasteiger partial charge in [0, 0.05) is 25.2 Å². The molecule has 9 heteroatoms. The maximum atomic E-state index is 11.5. The summed E-state index contributed by atoms with van der Waals surface area (Å²) in [6.07, 6.45) is 0.296. The number of aliphatic hydroxyl groups excluding tert-OH is 2. The number of allylic oxidation sites excluding steroid dienone is 1. The second kappa shape index (κ2) is 13.7. The van der Waals surface area contributed by atoms with Crippen LogP contribution in [0.1, 0.15) is 48.6 Å². The topological polar surface area (TPSA) is 95.8 Å². The third-order valence-corrected chi connectivity index (χ3v) is 6.49. The fraction of sp³-hybridized carbons (Fsp3) is 0.321. The summed E-state index contributed by atoms with van der Waals surface area (Å²) in [5.41, 5.74) is 3.71. The van der Waals surface area contributed by atoms with Crippen LogP contribution < -0.4 is 0 Å². The van der Waals surface area contributed by atoms with Crippen molar-refractivity contribution in [3.8, 4) is 0 Å². The number of carbonyl (C=O) groups is 1. The standard InChI is InChI=1S/C28H31Cl2N3O4/c1-18(14-28(36)37-3)21-12-10-20(11-13-21)15-19(2)33(16-24(34)22-6-4-8-26(29)31-22)17-25(35)23-7-5-9-27(30)32-23/h4-14,19,24-25,34-35H,15-17H2,1-3H3/b18-14+/t19-,24+,25+/m1/s1. The Balaban J connectivity index is 1.78. The molecule has 0 saturated heterocycles. The van der Waals surface area contributed by atoms with E-state index in [1.165, 1.54) is 13.2 Å². The highest BCUT2D eigenvalue weighted by molar-refractivity contribution is 6.29. The van der Waals surface area contributed by atoms with Crippen LogP contribution in [0, 0.1) is 0 Å². The molecule has 3 aromatic rings. The molecule has 0 saturated carbocycles. The summed E-state index contributed by atoms with van der Waals surface area (Å²) in [6, 6.07) is 18.1. The van der Waals surface area contributed by atoms with Gasteiger partial charge in [-0.15, -0.1) is 0 Å². The molecule has 2 heterocycles. The van der Waals surface area contributed by atoms with Gasteiger partial charge in [0.25, 0.3) is 0 Å². The Hall–Kier alpha value is -2.81. The summed E-state index contributed by atoms with van der Waals surface area (Å²) in [6.45, 7) is 4.34. The summed E-state index contributed by atoms with van der Waals surface area (Å²) < 4.78 is 4.70. The van der Waals surface area contributed by atoms with Gasteiger partial charge in [-0.05, 0) is 61.2 Å². The zero-order valence-electron chi connectivity index (χ0n) is 21.0. The molecule has 2 N–H and O–H groups in total. The lowest BCUT2D eigenvalue weighted by Crippen LogP contribution is -2.40. The Morgan fingerprint density at radius 2 is 1.46 bits per heavy atom. The Bertz CT molecular complexity index is 1170. The average Bonchev–Trinajstić information content (AvgIpc) is 2.88. The number of hydrogen-bond donors (Lipinski definition) is 2. The highest BCUT2D eigenvalue weighted by Crippen LogP contribution is 2.22. The van der Waals surface area contributed by atoms with Crippen LogP contribution >= 0.6 is 23.2 Å². The molecule has 0 aliphatic heterocycles. The minimum atomic E-state index is -0.908. The number of pyridine rings is 2. The molecule has 3 atom stereocenters. The number of rotatable bonds is 11. The predicted molar refractivity (Wildman–Crippen MR) is 145 cm³/mol. The number of hydrogen-bond acceptors (Lipinski definition) is 7. The third-order valence-electron chi connectivity index (χ3n) is 6.07. The first kappa shape index (κ1) is 28.8. The SMILES string of the molecule is COC(=O)/C=C(\C)c1ccc(C[C@@H](C)N(C[C@H](O)c2cccc(Cl)n2)C[C@H](O)c2cccc(Cl)n2)cc1. The van der Waals surface area contributed by atoms with Crippen molar-refractivity contribution in [1.29, 1.82) is 0 Å². The van der Waals surface area contributed by atoms with Gasteiger partial charge in [-0.1, -0.05) is 59.6 Å². The number of ether oxygens (including phenoxy) is 1. The van der Waals surface area contributed by atoms with Crippen molar-refractivity contribution in [2.45, 2.75) is 38.5 Å². The van der Waals surface area contributed by atoms with Crippen molar-refractivity contribution in [2.75, 3.05) is 20.2 Å². The summed E-state index contributed by atoms with van der Waals surface area (Å²) in [5.74, 6) is -0.397. The van der Waals surface area contributed by atoms with Crippen molar-refractivity contribution in [3.05, 3.63) is 99.6 Å². The molecule has 3 rings (SSSR count). The van der Waals surface area contributed by atoms with Crippen LogP contribution in [-0.2, 0) is 16.0 Å². The molecule has 196 valence electrons. The normalized spacial score (nSPS) is 14.3. The largest absolute Gasteiger partial charge is 0.466 e. The van der Waals surface area contributed by atoms with Gasteiger partial charge in [0.1, 0.15) is 22.5 Å². The summed E-state index contributed by atoms with van der Waals surface area (Å²) >= 11 is 12.0. The van der Waals surface area contributed by atoms with Crippen molar-refractivity contribution >= 4 is 34.7 Å². The average molecular weight is 544 g/mol. The van der Waals surface area contributed by atoms with E-state index in [9.17, 15) is 15.0 Å². The first-order valence-electron chi connectivity index (χ1n) is 11.9. The lowest BCUT2D eigenvalue weighted by Gasteiger charge is -2.32. The van der Waals surface area contributed by atoms with Crippen LogP contribution in [-0.4, -0.2) is 57.3 Å². The van der Waals surface area contributed by atoms with E-state index < -0.39 is 18.2 Å². The monoisotopic (exact) mass is 543 g/mol. The second-order valence-electron chi connectivity index (χ2n) is 8.86. The van der Waals surface area contributed by atoms with Crippen molar-refractivity contribution in [1.82, 2.24) is 14.9 Å². The first-order chi connectivity index (χ1) is 17.7. The Kier molecular flexibility index (Phi) is 10.6. The van der Waals surface area contributed by atoms with Gasteiger partial charge in [0.05, 0.1) is 18.5 Å². The number of aliphatic hydroxyl groups is 2. The number of aromatic nitrogens is 2. The van der Waals surface area contributed by atoms with Crippen LogP contribution in [0.3, 0.4) is 0 Å². The molecule has 0 aliphatic rings. The minimum Gasteiger partial charge on any atom is -0.466 e. The second-order valence-corrected chi connectivity index (χ2v) is 9.63. The van der Waals surface area contributed by atoms with E-state index in [-0.39, 0.29) is 19.1 Å². The molecular weight excluding hydrogens is 513 g/mol. The van der Waals surface area contributed by atoms with Gasteiger partial charge in [-0.25, -0.2) is 14.8 Å². The fourth-order valence-electron chi connectivity index (χ4n) is 3.98. The van der Waals surface area contributed by atoms with Gasteiger partial charge >= 0.3 is 5.97 Å². The van der Waals surface area contributed by atoms with E-state index in [0.717, 1.165) is 16.7 Å². The summed E-state index contributed by atoms with van der Waals surface area (Å²) in [5, 5.41) is 22.4. The molecule has 0 bridgehead atoms. The quantitative estimate of drug-likeness (QED) is 0.198. The maximum absolute atomic E-state index is 11.5. The molecule has 0 fully saturated rings. The minimum absolute atomic E-state index is 0.0553. The summed E-state index contributed by atoms with van der Waals surface area (Å²) in [4.78, 5) is 22.0. The van der Waals surface area contributed by atoms with Crippen LogP contribution in [0.15, 0.2) is 66.7 Å². The third kappa shape index (κ3) is 8.62. The molecule has 1 aromatic carbocycles. The molecular formula is C28H31Cl2N3O4. The van der Waals surface area contributed by atoms with Gasteiger partial charge in [0.15, 0.2) is 0 Å². The first-order valence-corrected chi connectivity index (χ1v) is 12.6. The molecule has 37 heavy (non-hydrogen) atoms. The highest BCUT2D eigenvalue weighted by Gasteiger charge is 2.24. The highest BCUT2D eigenvalue weighted by atomic mass is 35.5. The zero-order valence-corrected chi connectivity index (χ0v) is 22.5. The number of esters is 1. The molecule has 2 aromatic heterocycles. The smallest absolute Gasteiger partial charge is 0.330 e. The van der Waals surface area contributed by atoms with Crippen molar-refractivity contribution < 1.29 is 19.7 Å². The number of methoxy groups -OCH3 is 1. The van der Waals surface area contributed by atoms with Gasteiger partial charge in [-0.2, -0.15) is 0 Å². The van der Waals surface area contributed by atoms with E-state index in [1.807, 2.05) is 43.0 Å².